The van der Waals surface area contributed by atoms with E-state index in [0.717, 1.165) is 29.2 Å². The highest BCUT2D eigenvalue weighted by Gasteiger charge is 2.22. The van der Waals surface area contributed by atoms with E-state index in [9.17, 15) is 4.79 Å². The molecule has 1 N–H and O–H groups in total. The fraction of sp³-hybridized carbons (Fsp3) is 0.240. The number of carboxylic acids is 1. The van der Waals surface area contributed by atoms with E-state index in [4.69, 9.17) is 14.6 Å². The van der Waals surface area contributed by atoms with Crippen LogP contribution in [0.25, 0.3) is 11.1 Å². The molecule has 1 fully saturated rings. The molecule has 0 saturated carbocycles. The first-order chi connectivity index (χ1) is 14.7. The Morgan fingerprint density at radius 1 is 0.933 bits per heavy atom. The fourth-order valence-electron chi connectivity index (χ4n) is 3.59. The predicted octanol–water partition coefficient (Wildman–Crippen LogP) is 4.99. The second-order valence-electron chi connectivity index (χ2n) is 7.37. The lowest BCUT2D eigenvalue weighted by atomic mass is 10.1. The average Bonchev–Trinajstić information content (AvgIpc) is 2.79. The van der Waals surface area contributed by atoms with E-state index in [1.54, 1.807) is 0 Å². The lowest BCUT2D eigenvalue weighted by Crippen LogP contribution is -2.39. The molecule has 3 aromatic rings. The van der Waals surface area contributed by atoms with Gasteiger partial charge in [-0.15, -0.1) is 0 Å². The third-order valence-corrected chi connectivity index (χ3v) is 5.24. The minimum Gasteiger partial charge on any atom is -0.481 e. The zero-order valence-corrected chi connectivity index (χ0v) is 16.7. The summed E-state index contributed by atoms with van der Waals surface area (Å²) in [5.41, 5.74) is 3.40. The minimum atomic E-state index is -0.767. The number of carbonyl (C=O) groups is 1. The van der Waals surface area contributed by atoms with Crippen LogP contribution in [-0.4, -0.2) is 42.2 Å². The Bertz CT molecular complexity index is 955. The summed E-state index contributed by atoms with van der Waals surface area (Å²) in [6.07, 6.45) is 0.106. The Morgan fingerprint density at radius 3 is 2.23 bits per heavy atom. The standard InChI is InChI=1S/C25H25NO4/c27-25(28)14-15-26-16-17-29-24(18-26)21-8-12-23(13-9-21)30-22-10-6-20(7-11-22)19-4-2-1-3-5-19/h1-13,24H,14-18H2,(H,27,28). The van der Waals surface area contributed by atoms with Crippen LogP contribution in [0.5, 0.6) is 11.5 Å². The lowest BCUT2D eigenvalue weighted by Gasteiger charge is -2.32. The zero-order chi connectivity index (χ0) is 20.8. The van der Waals surface area contributed by atoms with Crippen molar-refractivity contribution in [2.75, 3.05) is 26.2 Å². The van der Waals surface area contributed by atoms with Gasteiger partial charge in [-0.3, -0.25) is 9.69 Å². The first kappa shape index (κ1) is 20.1. The maximum absolute atomic E-state index is 10.8. The van der Waals surface area contributed by atoms with Gasteiger partial charge in [-0.05, 0) is 41.0 Å². The number of nitrogens with zero attached hydrogens (tertiary/aromatic N) is 1. The first-order valence-corrected chi connectivity index (χ1v) is 10.2. The van der Waals surface area contributed by atoms with E-state index in [1.165, 1.54) is 5.56 Å². The molecule has 1 heterocycles. The summed E-state index contributed by atoms with van der Waals surface area (Å²) in [4.78, 5) is 12.9. The Hall–Kier alpha value is -3.15. The number of rotatable bonds is 7. The Balaban J connectivity index is 1.36. The zero-order valence-electron chi connectivity index (χ0n) is 16.7. The third kappa shape index (κ3) is 5.26. The van der Waals surface area contributed by atoms with Crippen molar-refractivity contribution in [1.82, 2.24) is 4.90 Å². The fourth-order valence-corrected chi connectivity index (χ4v) is 3.59. The van der Waals surface area contributed by atoms with Gasteiger partial charge in [0, 0.05) is 19.6 Å². The summed E-state index contributed by atoms with van der Waals surface area (Å²) in [5.74, 6) is 0.789. The molecule has 0 bridgehead atoms. The second-order valence-corrected chi connectivity index (χ2v) is 7.37. The largest absolute Gasteiger partial charge is 0.481 e. The van der Waals surface area contributed by atoms with Gasteiger partial charge in [-0.1, -0.05) is 54.6 Å². The van der Waals surface area contributed by atoms with Crippen LogP contribution in [0.2, 0.25) is 0 Å². The maximum Gasteiger partial charge on any atom is 0.304 e. The van der Waals surface area contributed by atoms with Crippen LogP contribution in [-0.2, 0) is 9.53 Å². The molecule has 0 radical (unpaired) electrons. The van der Waals surface area contributed by atoms with E-state index in [-0.39, 0.29) is 12.5 Å². The number of hydrogen-bond acceptors (Lipinski definition) is 4. The molecule has 3 aromatic carbocycles. The summed E-state index contributed by atoms with van der Waals surface area (Å²) >= 11 is 0. The first-order valence-electron chi connectivity index (χ1n) is 10.2. The molecule has 1 aliphatic heterocycles. The van der Waals surface area contributed by atoms with Crippen LogP contribution < -0.4 is 4.74 Å². The van der Waals surface area contributed by atoms with Crippen LogP contribution in [0.3, 0.4) is 0 Å². The Morgan fingerprint density at radius 2 is 1.57 bits per heavy atom. The molecule has 0 amide bonds. The van der Waals surface area contributed by atoms with Crippen molar-refractivity contribution >= 4 is 5.97 Å². The summed E-state index contributed by atoms with van der Waals surface area (Å²) in [6.45, 7) is 2.63. The Labute approximate surface area is 176 Å². The minimum absolute atomic E-state index is 0.0493. The van der Waals surface area contributed by atoms with E-state index in [2.05, 4.69) is 29.2 Å². The number of ether oxygens (including phenoxy) is 2. The smallest absolute Gasteiger partial charge is 0.304 e. The highest BCUT2D eigenvalue weighted by molar-refractivity contribution is 5.66. The Kier molecular flexibility index (Phi) is 6.42. The maximum atomic E-state index is 10.8. The molecule has 1 unspecified atom stereocenters. The van der Waals surface area contributed by atoms with Crippen LogP contribution in [0, 0.1) is 0 Å². The molecule has 1 saturated heterocycles. The van der Waals surface area contributed by atoms with Crippen molar-refractivity contribution in [3.05, 3.63) is 84.4 Å². The highest BCUT2D eigenvalue weighted by atomic mass is 16.5. The molecule has 0 spiro atoms. The average molecular weight is 403 g/mol. The summed E-state index contributed by atoms with van der Waals surface area (Å²) < 4.78 is 11.9. The van der Waals surface area contributed by atoms with Crippen molar-refractivity contribution in [3.8, 4) is 22.6 Å². The molecule has 5 heteroatoms. The summed E-state index contributed by atoms with van der Waals surface area (Å²) in [7, 11) is 0. The molecule has 1 aliphatic rings. The van der Waals surface area contributed by atoms with E-state index >= 15 is 0 Å². The third-order valence-electron chi connectivity index (χ3n) is 5.24. The quantitative estimate of drug-likeness (QED) is 0.602. The van der Waals surface area contributed by atoms with Crippen molar-refractivity contribution < 1.29 is 19.4 Å². The molecular formula is C25H25NO4. The van der Waals surface area contributed by atoms with E-state index in [0.29, 0.717) is 19.7 Å². The van der Waals surface area contributed by atoms with Gasteiger partial charge >= 0.3 is 5.97 Å². The molecular weight excluding hydrogens is 378 g/mol. The topological polar surface area (TPSA) is 59.0 Å². The molecule has 30 heavy (non-hydrogen) atoms. The highest BCUT2D eigenvalue weighted by Crippen LogP contribution is 2.28. The van der Waals surface area contributed by atoms with Gasteiger partial charge in [0.15, 0.2) is 0 Å². The number of hydrogen-bond donors (Lipinski definition) is 1. The molecule has 154 valence electrons. The number of benzene rings is 3. The number of carboxylic acid groups (broad SMARTS) is 1. The van der Waals surface area contributed by atoms with Gasteiger partial charge in [-0.2, -0.15) is 0 Å². The van der Waals surface area contributed by atoms with Crippen molar-refractivity contribution in [3.63, 3.8) is 0 Å². The van der Waals surface area contributed by atoms with E-state index in [1.807, 2.05) is 54.6 Å². The molecule has 1 atom stereocenters. The normalized spacial score (nSPS) is 16.9. The summed E-state index contributed by atoms with van der Waals surface area (Å²) in [5, 5.41) is 8.88. The van der Waals surface area contributed by atoms with Crippen molar-refractivity contribution in [1.29, 1.82) is 0 Å². The van der Waals surface area contributed by atoms with Crippen molar-refractivity contribution in [2.24, 2.45) is 0 Å². The number of aliphatic carboxylic acids is 1. The molecule has 0 aliphatic carbocycles. The SMILES string of the molecule is O=C(O)CCN1CCOC(c2ccc(Oc3ccc(-c4ccccc4)cc3)cc2)C1. The van der Waals surface area contributed by atoms with Gasteiger partial charge in [0.1, 0.15) is 11.5 Å². The van der Waals surface area contributed by atoms with Crippen molar-refractivity contribution in [2.45, 2.75) is 12.5 Å². The van der Waals surface area contributed by atoms with Gasteiger partial charge in [-0.25, -0.2) is 0 Å². The second kappa shape index (κ2) is 9.57. The van der Waals surface area contributed by atoms with Gasteiger partial charge in [0.25, 0.3) is 0 Å². The van der Waals surface area contributed by atoms with Gasteiger partial charge in [0.05, 0.1) is 19.1 Å². The van der Waals surface area contributed by atoms with Crippen LogP contribution in [0.15, 0.2) is 78.9 Å². The van der Waals surface area contributed by atoms with Crippen LogP contribution in [0.4, 0.5) is 0 Å². The molecule has 4 rings (SSSR count). The summed E-state index contributed by atoms with van der Waals surface area (Å²) in [6, 6.07) is 26.2. The lowest BCUT2D eigenvalue weighted by molar-refractivity contribution is -0.137. The predicted molar refractivity (Wildman–Crippen MR) is 116 cm³/mol. The van der Waals surface area contributed by atoms with Crippen LogP contribution >= 0.6 is 0 Å². The monoisotopic (exact) mass is 403 g/mol. The van der Waals surface area contributed by atoms with Gasteiger partial charge in [0.2, 0.25) is 0 Å². The van der Waals surface area contributed by atoms with Gasteiger partial charge < -0.3 is 14.6 Å². The number of morpholine rings is 1. The molecule has 5 nitrogen and oxygen atoms in total. The van der Waals surface area contributed by atoms with Crippen LogP contribution in [0.1, 0.15) is 18.1 Å². The van der Waals surface area contributed by atoms with E-state index < -0.39 is 5.97 Å². The molecule has 0 aromatic heterocycles.